The van der Waals surface area contributed by atoms with E-state index in [9.17, 15) is 0 Å². The molecule has 1 rings (SSSR count). The SMILES string of the molecule is CC(C)[Si](C#CC1CC1)(C(C)C)C(C)C. The Morgan fingerprint density at radius 3 is 1.53 bits per heavy atom. The van der Waals surface area contributed by atoms with Crippen LogP contribution in [-0.2, 0) is 0 Å². The molecule has 0 amide bonds. The molecule has 1 fully saturated rings. The van der Waals surface area contributed by atoms with Crippen LogP contribution in [0.3, 0.4) is 0 Å². The van der Waals surface area contributed by atoms with Gasteiger partial charge in [-0.3, -0.25) is 0 Å². The van der Waals surface area contributed by atoms with Gasteiger partial charge in [-0.15, -0.1) is 11.5 Å². The summed E-state index contributed by atoms with van der Waals surface area (Å²) in [4.78, 5) is 0. The third-order valence-corrected chi connectivity index (χ3v) is 10.2. The highest BCUT2D eigenvalue weighted by Crippen LogP contribution is 2.41. The maximum atomic E-state index is 3.78. The lowest BCUT2D eigenvalue weighted by atomic mass is 10.5. The fraction of sp³-hybridized carbons (Fsp3) is 0.857. The van der Waals surface area contributed by atoms with Crippen LogP contribution in [0.25, 0.3) is 0 Å². The minimum Gasteiger partial charge on any atom is -0.130 e. The molecule has 0 heterocycles. The molecule has 0 aromatic carbocycles. The Morgan fingerprint density at radius 2 is 1.27 bits per heavy atom. The van der Waals surface area contributed by atoms with Crippen LogP contribution in [0.15, 0.2) is 0 Å². The Bertz CT molecular complexity index is 239. The molecule has 0 aliphatic heterocycles. The van der Waals surface area contributed by atoms with Gasteiger partial charge in [0.15, 0.2) is 0 Å². The van der Waals surface area contributed by atoms with Crippen LogP contribution in [0.4, 0.5) is 0 Å². The van der Waals surface area contributed by atoms with E-state index in [-0.39, 0.29) is 0 Å². The molecule has 0 atom stereocenters. The van der Waals surface area contributed by atoms with Crippen molar-refractivity contribution in [2.24, 2.45) is 5.92 Å². The van der Waals surface area contributed by atoms with Gasteiger partial charge in [-0.05, 0) is 29.5 Å². The van der Waals surface area contributed by atoms with E-state index in [0.717, 1.165) is 22.5 Å². The van der Waals surface area contributed by atoms with Gasteiger partial charge in [0, 0.05) is 5.92 Å². The van der Waals surface area contributed by atoms with E-state index in [4.69, 9.17) is 0 Å². The molecule has 1 saturated carbocycles. The zero-order valence-corrected chi connectivity index (χ0v) is 12.2. The summed E-state index contributed by atoms with van der Waals surface area (Å²) in [5, 5.41) is 0. The average Bonchev–Trinajstić information content (AvgIpc) is 2.86. The molecule has 0 bridgehead atoms. The third kappa shape index (κ3) is 2.66. The first kappa shape index (κ1) is 12.8. The van der Waals surface area contributed by atoms with Crippen LogP contribution in [0.2, 0.25) is 16.6 Å². The third-order valence-electron chi connectivity index (χ3n) is 3.94. The first-order chi connectivity index (χ1) is 6.91. The molecule has 1 aliphatic carbocycles. The van der Waals surface area contributed by atoms with Gasteiger partial charge in [-0.25, -0.2) is 0 Å². The smallest absolute Gasteiger partial charge is 0.130 e. The van der Waals surface area contributed by atoms with E-state index < -0.39 is 8.07 Å². The largest absolute Gasteiger partial charge is 0.145 e. The summed E-state index contributed by atoms with van der Waals surface area (Å²) in [6, 6.07) is 0. The van der Waals surface area contributed by atoms with E-state index >= 15 is 0 Å². The van der Waals surface area contributed by atoms with Crippen molar-refractivity contribution in [3.63, 3.8) is 0 Å². The zero-order valence-electron chi connectivity index (χ0n) is 11.2. The van der Waals surface area contributed by atoms with Gasteiger partial charge in [-0.2, -0.15) is 0 Å². The summed E-state index contributed by atoms with van der Waals surface area (Å²) in [7, 11) is -1.41. The normalized spacial score (nSPS) is 17.1. The molecular weight excluding hydrogens is 196 g/mol. The molecule has 0 N–H and O–H groups in total. The van der Waals surface area contributed by atoms with Crippen LogP contribution in [0.1, 0.15) is 54.4 Å². The lowest BCUT2D eigenvalue weighted by molar-refractivity contribution is 0.838. The molecule has 1 aliphatic rings. The molecule has 0 aromatic rings. The maximum Gasteiger partial charge on any atom is 0.145 e. The topological polar surface area (TPSA) is 0 Å². The summed E-state index contributed by atoms with van der Waals surface area (Å²) in [6.07, 6.45) is 2.71. The predicted molar refractivity (Wildman–Crippen MR) is 71.5 cm³/mol. The Balaban J connectivity index is 2.96. The van der Waals surface area contributed by atoms with Crippen molar-refractivity contribution in [2.75, 3.05) is 0 Å². The Morgan fingerprint density at radius 1 is 0.867 bits per heavy atom. The standard InChI is InChI=1S/C14H26Si/c1-11(2)15(12(3)4,13(5)6)10-9-14-7-8-14/h11-14H,7-8H2,1-6H3. The maximum absolute atomic E-state index is 3.78. The quantitative estimate of drug-likeness (QED) is 0.483. The fourth-order valence-corrected chi connectivity index (χ4v) is 8.21. The Kier molecular flexibility index (Phi) is 4.06. The van der Waals surface area contributed by atoms with Crippen molar-refractivity contribution in [3.05, 3.63) is 0 Å². The van der Waals surface area contributed by atoms with Gasteiger partial charge in [0.05, 0.1) is 0 Å². The summed E-state index contributed by atoms with van der Waals surface area (Å²) in [5.41, 5.74) is 6.13. The first-order valence-corrected chi connectivity index (χ1v) is 8.67. The van der Waals surface area contributed by atoms with Crippen molar-refractivity contribution in [2.45, 2.75) is 71.0 Å². The lowest BCUT2D eigenvalue weighted by Gasteiger charge is -2.38. The number of rotatable bonds is 3. The van der Waals surface area contributed by atoms with Crippen LogP contribution in [-0.4, -0.2) is 8.07 Å². The molecular formula is C14H26Si. The molecule has 0 radical (unpaired) electrons. The van der Waals surface area contributed by atoms with Gasteiger partial charge in [0.2, 0.25) is 0 Å². The molecule has 0 aromatic heterocycles. The number of hydrogen-bond donors (Lipinski definition) is 0. The van der Waals surface area contributed by atoms with Gasteiger partial charge in [0.1, 0.15) is 8.07 Å². The second-order valence-electron chi connectivity index (χ2n) is 5.94. The van der Waals surface area contributed by atoms with E-state index in [1.165, 1.54) is 12.8 Å². The molecule has 0 saturated heterocycles. The molecule has 0 unspecified atom stereocenters. The van der Waals surface area contributed by atoms with E-state index in [2.05, 4.69) is 53.0 Å². The summed E-state index contributed by atoms with van der Waals surface area (Å²) in [5.74, 6) is 4.31. The average molecular weight is 222 g/mol. The summed E-state index contributed by atoms with van der Waals surface area (Å²) < 4.78 is 0. The van der Waals surface area contributed by atoms with Crippen molar-refractivity contribution < 1.29 is 0 Å². The Hall–Kier alpha value is -0.223. The highest BCUT2D eigenvalue weighted by atomic mass is 28.3. The first-order valence-electron chi connectivity index (χ1n) is 6.44. The molecule has 0 nitrogen and oxygen atoms in total. The van der Waals surface area contributed by atoms with Crippen molar-refractivity contribution in [1.82, 2.24) is 0 Å². The Labute approximate surface area is 96.9 Å². The fourth-order valence-electron chi connectivity index (χ4n) is 2.89. The van der Waals surface area contributed by atoms with Crippen molar-refractivity contribution in [1.29, 1.82) is 0 Å². The predicted octanol–water partition coefficient (Wildman–Crippen LogP) is 4.62. The number of hydrogen-bond acceptors (Lipinski definition) is 0. The highest BCUT2D eigenvalue weighted by molar-refractivity contribution is 6.90. The molecule has 0 spiro atoms. The minimum absolute atomic E-state index is 0.758. The summed E-state index contributed by atoms with van der Waals surface area (Å²) in [6.45, 7) is 14.3. The molecule has 86 valence electrons. The monoisotopic (exact) mass is 222 g/mol. The van der Waals surface area contributed by atoms with Crippen LogP contribution in [0, 0.1) is 17.4 Å². The lowest BCUT2D eigenvalue weighted by Crippen LogP contribution is -2.43. The van der Waals surface area contributed by atoms with Gasteiger partial charge in [0.25, 0.3) is 0 Å². The minimum atomic E-state index is -1.41. The van der Waals surface area contributed by atoms with E-state index in [1.54, 1.807) is 0 Å². The highest BCUT2D eigenvalue weighted by Gasteiger charge is 2.41. The van der Waals surface area contributed by atoms with Crippen LogP contribution in [0.5, 0.6) is 0 Å². The van der Waals surface area contributed by atoms with Crippen LogP contribution >= 0.6 is 0 Å². The van der Waals surface area contributed by atoms with E-state index in [1.807, 2.05) is 0 Å². The zero-order chi connectivity index (χ0) is 11.6. The van der Waals surface area contributed by atoms with Crippen molar-refractivity contribution in [3.8, 4) is 11.5 Å². The summed E-state index contributed by atoms with van der Waals surface area (Å²) >= 11 is 0. The molecule has 15 heavy (non-hydrogen) atoms. The molecule has 1 heteroatoms. The van der Waals surface area contributed by atoms with Gasteiger partial charge >= 0.3 is 0 Å². The van der Waals surface area contributed by atoms with Gasteiger partial charge in [-0.1, -0.05) is 41.5 Å². The van der Waals surface area contributed by atoms with Gasteiger partial charge < -0.3 is 0 Å². The van der Waals surface area contributed by atoms with Crippen LogP contribution < -0.4 is 0 Å². The second kappa shape index (κ2) is 4.74. The van der Waals surface area contributed by atoms with E-state index in [0.29, 0.717) is 0 Å². The second-order valence-corrected chi connectivity index (χ2v) is 11.5. The van der Waals surface area contributed by atoms with Crippen molar-refractivity contribution >= 4 is 8.07 Å².